The topological polar surface area (TPSA) is 64.9 Å². The van der Waals surface area contributed by atoms with Crippen molar-refractivity contribution in [2.75, 3.05) is 0 Å². The minimum Gasteiger partial charge on any atom is -0.337 e. The molecule has 0 spiro atoms. The van der Waals surface area contributed by atoms with Crippen LogP contribution in [0.1, 0.15) is 43.6 Å². The second-order valence-corrected chi connectivity index (χ2v) is 5.51. The Balaban J connectivity index is 1.88. The summed E-state index contributed by atoms with van der Waals surface area (Å²) >= 11 is 0. The van der Waals surface area contributed by atoms with Crippen molar-refractivity contribution in [2.24, 2.45) is 5.73 Å². The first-order valence-electron chi connectivity index (χ1n) is 6.87. The fourth-order valence-electron chi connectivity index (χ4n) is 2.64. The molecule has 2 N–H and O–H groups in total. The van der Waals surface area contributed by atoms with Crippen molar-refractivity contribution in [2.45, 2.75) is 44.6 Å². The maximum absolute atomic E-state index is 6.40. The summed E-state index contributed by atoms with van der Waals surface area (Å²) in [6.45, 7) is 2.06. The van der Waals surface area contributed by atoms with E-state index in [1.807, 2.05) is 24.3 Å². The van der Waals surface area contributed by atoms with E-state index in [2.05, 4.69) is 17.1 Å². The van der Waals surface area contributed by atoms with E-state index in [4.69, 9.17) is 10.3 Å². The van der Waals surface area contributed by atoms with Gasteiger partial charge in [0.15, 0.2) is 0 Å². The van der Waals surface area contributed by atoms with Crippen molar-refractivity contribution in [1.82, 2.24) is 10.1 Å². The molecule has 0 radical (unpaired) electrons. The Bertz CT molecular complexity index is 553. The Morgan fingerprint density at radius 3 is 2.47 bits per heavy atom. The third-order valence-electron chi connectivity index (χ3n) is 3.91. The smallest absolute Gasteiger partial charge is 0.247 e. The van der Waals surface area contributed by atoms with Crippen LogP contribution >= 0.6 is 0 Å². The molecule has 19 heavy (non-hydrogen) atoms. The van der Waals surface area contributed by atoms with E-state index in [1.54, 1.807) is 0 Å². The number of benzene rings is 1. The summed E-state index contributed by atoms with van der Waals surface area (Å²) in [5, 5.41) is 4.07. The van der Waals surface area contributed by atoms with Crippen LogP contribution in [0.3, 0.4) is 0 Å². The zero-order valence-corrected chi connectivity index (χ0v) is 11.2. The van der Waals surface area contributed by atoms with Crippen molar-refractivity contribution in [3.05, 3.63) is 35.7 Å². The van der Waals surface area contributed by atoms with E-state index in [1.165, 1.54) is 12.0 Å². The van der Waals surface area contributed by atoms with Crippen molar-refractivity contribution in [1.29, 1.82) is 0 Å². The fraction of sp³-hybridized carbons (Fsp3) is 0.467. The summed E-state index contributed by atoms with van der Waals surface area (Å²) in [4.78, 5) is 4.50. The minimum absolute atomic E-state index is 0.422. The molecule has 1 fully saturated rings. The van der Waals surface area contributed by atoms with Gasteiger partial charge < -0.3 is 10.3 Å². The summed E-state index contributed by atoms with van der Waals surface area (Å²) in [6.07, 6.45) is 5.39. The van der Waals surface area contributed by atoms with Crippen molar-refractivity contribution in [3.8, 4) is 11.4 Å². The molecule has 4 nitrogen and oxygen atoms in total. The summed E-state index contributed by atoms with van der Waals surface area (Å²) < 4.78 is 5.41. The van der Waals surface area contributed by atoms with E-state index in [0.29, 0.717) is 11.7 Å². The SMILES string of the molecule is Cc1ccc(-c2noc(C3(N)CCCCC3)n2)cc1. The van der Waals surface area contributed by atoms with Crippen LogP contribution < -0.4 is 5.73 Å². The van der Waals surface area contributed by atoms with Gasteiger partial charge in [0.05, 0.1) is 5.54 Å². The molecule has 0 atom stereocenters. The lowest BCUT2D eigenvalue weighted by atomic mass is 9.82. The first kappa shape index (κ1) is 12.4. The van der Waals surface area contributed by atoms with Crippen molar-refractivity contribution < 1.29 is 4.52 Å². The Labute approximate surface area is 113 Å². The quantitative estimate of drug-likeness (QED) is 0.897. The molecule has 1 heterocycles. The van der Waals surface area contributed by atoms with Crippen LogP contribution in [0.2, 0.25) is 0 Å². The number of rotatable bonds is 2. The van der Waals surface area contributed by atoms with Gasteiger partial charge in [0.2, 0.25) is 11.7 Å². The number of nitrogens with zero attached hydrogens (tertiary/aromatic N) is 2. The highest BCUT2D eigenvalue weighted by Crippen LogP contribution is 2.34. The van der Waals surface area contributed by atoms with Gasteiger partial charge in [-0.05, 0) is 19.8 Å². The average Bonchev–Trinajstić information content (AvgIpc) is 2.91. The molecule has 1 aliphatic carbocycles. The lowest BCUT2D eigenvalue weighted by molar-refractivity contribution is 0.220. The zero-order chi connectivity index (χ0) is 13.3. The summed E-state index contributed by atoms with van der Waals surface area (Å²) in [5.74, 6) is 1.22. The van der Waals surface area contributed by atoms with Crippen LogP contribution in [0.4, 0.5) is 0 Å². The molecule has 4 heteroatoms. The first-order chi connectivity index (χ1) is 9.17. The van der Waals surface area contributed by atoms with Crippen LogP contribution in [0, 0.1) is 6.92 Å². The number of aryl methyl sites for hydroxylation is 1. The molecule has 2 aromatic rings. The lowest BCUT2D eigenvalue weighted by Gasteiger charge is -2.29. The van der Waals surface area contributed by atoms with E-state index < -0.39 is 5.54 Å². The highest BCUT2D eigenvalue weighted by molar-refractivity contribution is 5.54. The normalized spacial score (nSPS) is 18.4. The highest BCUT2D eigenvalue weighted by atomic mass is 16.5. The monoisotopic (exact) mass is 257 g/mol. The Morgan fingerprint density at radius 1 is 1.11 bits per heavy atom. The molecule has 0 saturated heterocycles. The lowest BCUT2D eigenvalue weighted by Crippen LogP contribution is -2.38. The minimum atomic E-state index is -0.422. The van der Waals surface area contributed by atoms with E-state index >= 15 is 0 Å². The molecule has 0 unspecified atom stereocenters. The molecule has 1 aromatic heterocycles. The molecule has 0 bridgehead atoms. The van der Waals surface area contributed by atoms with Gasteiger partial charge >= 0.3 is 0 Å². The largest absolute Gasteiger partial charge is 0.337 e. The molecule has 100 valence electrons. The predicted octanol–water partition coefficient (Wildman–Crippen LogP) is 3.16. The number of aromatic nitrogens is 2. The molecule has 1 saturated carbocycles. The van der Waals surface area contributed by atoms with Gasteiger partial charge in [-0.1, -0.05) is 54.2 Å². The fourth-order valence-corrected chi connectivity index (χ4v) is 2.64. The Kier molecular flexibility index (Phi) is 3.11. The third kappa shape index (κ3) is 2.40. The van der Waals surface area contributed by atoms with Gasteiger partial charge in [-0.2, -0.15) is 4.98 Å². The number of hydrogen-bond donors (Lipinski definition) is 1. The summed E-state index contributed by atoms with van der Waals surface area (Å²) in [7, 11) is 0. The maximum atomic E-state index is 6.40. The predicted molar refractivity (Wildman–Crippen MR) is 73.4 cm³/mol. The molecule has 0 aliphatic heterocycles. The first-order valence-corrected chi connectivity index (χ1v) is 6.87. The molecular weight excluding hydrogens is 238 g/mol. The molecule has 1 aliphatic rings. The van der Waals surface area contributed by atoms with Gasteiger partial charge in [-0.3, -0.25) is 0 Å². The molecule has 1 aromatic carbocycles. The van der Waals surface area contributed by atoms with E-state index in [0.717, 1.165) is 31.2 Å². The molecule has 0 amide bonds. The van der Waals surface area contributed by atoms with Gasteiger partial charge in [0.1, 0.15) is 0 Å². The van der Waals surface area contributed by atoms with Crippen LogP contribution in [0.15, 0.2) is 28.8 Å². The van der Waals surface area contributed by atoms with E-state index in [-0.39, 0.29) is 0 Å². The Morgan fingerprint density at radius 2 is 1.79 bits per heavy atom. The van der Waals surface area contributed by atoms with E-state index in [9.17, 15) is 0 Å². The maximum Gasteiger partial charge on any atom is 0.247 e. The van der Waals surface area contributed by atoms with Crippen LogP contribution in [-0.4, -0.2) is 10.1 Å². The molecule has 3 rings (SSSR count). The third-order valence-corrected chi connectivity index (χ3v) is 3.91. The van der Waals surface area contributed by atoms with Gasteiger partial charge in [0.25, 0.3) is 0 Å². The van der Waals surface area contributed by atoms with Crippen LogP contribution in [0.25, 0.3) is 11.4 Å². The average molecular weight is 257 g/mol. The van der Waals surface area contributed by atoms with Crippen LogP contribution in [-0.2, 0) is 5.54 Å². The van der Waals surface area contributed by atoms with Crippen molar-refractivity contribution in [3.63, 3.8) is 0 Å². The second kappa shape index (κ2) is 4.78. The van der Waals surface area contributed by atoms with Crippen molar-refractivity contribution >= 4 is 0 Å². The van der Waals surface area contributed by atoms with Gasteiger partial charge in [-0.25, -0.2) is 0 Å². The standard InChI is InChI=1S/C15H19N3O/c1-11-5-7-12(8-6-11)13-17-14(19-18-13)15(16)9-3-2-4-10-15/h5-8H,2-4,9-10,16H2,1H3. The second-order valence-electron chi connectivity index (χ2n) is 5.51. The van der Waals surface area contributed by atoms with Gasteiger partial charge in [-0.15, -0.1) is 0 Å². The number of nitrogens with two attached hydrogens (primary N) is 1. The molecular formula is C15H19N3O. The summed E-state index contributed by atoms with van der Waals surface area (Å²) in [5.41, 5.74) is 8.17. The van der Waals surface area contributed by atoms with Crippen LogP contribution in [0.5, 0.6) is 0 Å². The zero-order valence-electron chi connectivity index (χ0n) is 11.2. The highest BCUT2D eigenvalue weighted by Gasteiger charge is 2.35. The number of hydrogen-bond acceptors (Lipinski definition) is 4. The van der Waals surface area contributed by atoms with Gasteiger partial charge in [0, 0.05) is 5.56 Å². The Hall–Kier alpha value is -1.68. The summed E-state index contributed by atoms with van der Waals surface area (Å²) in [6, 6.07) is 8.11.